The second-order valence-electron chi connectivity index (χ2n) is 5.06. The van der Waals surface area contributed by atoms with Crippen LogP contribution in [-0.4, -0.2) is 11.5 Å². The van der Waals surface area contributed by atoms with Crippen LogP contribution in [0.25, 0.3) is 10.6 Å². The molecule has 0 aliphatic heterocycles. The lowest BCUT2D eigenvalue weighted by molar-refractivity contribution is 0.624. The molecule has 0 radical (unpaired) electrons. The van der Waals surface area contributed by atoms with Crippen LogP contribution in [0.5, 0.6) is 0 Å². The fraction of sp³-hybridized carbons (Fsp3) is 0.167. The normalized spacial score (nSPS) is 10.8. The highest BCUT2D eigenvalue weighted by atomic mass is 32.1. The second kappa shape index (κ2) is 7.29. The topological polar surface area (TPSA) is 24.9 Å². The van der Waals surface area contributed by atoms with Crippen LogP contribution >= 0.6 is 11.3 Å². The summed E-state index contributed by atoms with van der Waals surface area (Å²) in [5, 5.41) is 6.54. The number of nitrogens with zero attached hydrogens (tertiary/aromatic N) is 1. The van der Waals surface area contributed by atoms with Crippen molar-refractivity contribution in [1.29, 1.82) is 0 Å². The Morgan fingerprint density at radius 3 is 2.55 bits per heavy atom. The Balaban J connectivity index is 1.48. The number of hydrogen-bond acceptors (Lipinski definition) is 3. The molecule has 0 spiro atoms. The van der Waals surface area contributed by atoms with Crippen LogP contribution in [0.4, 0.5) is 4.39 Å². The van der Waals surface area contributed by atoms with Crippen LogP contribution in [0.15, 0.2) is 60.0 Å². The fourth-order valence-corrected chi connectivity index (χ4v) is 3.05. The largest absolute Gasteiger partial charge is 0.312 e. The Hall–Kier alpha value is -2.04. The van der Waals surface area contributed by atoms with Gasteiger partial charge in [0, 0.05) is 30.5 Å². The summed E-state index contributed by atoms with van der Waals surface area (Å²) in [6.07, 6.45) is 0.893. The Bertz CT molecular complexity index is 707. The lowest BCUT2D eigenvalue weighted by Gasteiger charge is -2.03. The van der Waals surface area contributed by atoms with E-state index in [2.05, 4.69) is 27.8 Å². The maximum Gasteiger partial charge on any atom is 0.123 e. The van der Waals surface area contributed by atoms with Crippen molar-refractivity contribution in [2.45, 2.75) is 13.0 Å². The highest BCUT2D eigenvalue weighted by Gasteiger charge is 2.04. The van der Waals surface area contributed by atoms with Crippen LogP contribution < -0.4 is 5.32 Å². The van der Waals surface area contributed by atoms with Gasteiger partial charge in [-0.15, -0.1) is 11.3 Å². The van der Waals surface area contributed by atoms with Gasteiger partial charge in [-0.05, 0) is 17.7 Å². The first-order chi connectivity index (χ1) is 10.8. The van der Waals surface area contributed by atoms with E-state index >= 15 is 0 Å². The van der Waals surface area contributed by atoms with Gasteiger partial charge in [0.1, 0.15) is 10.8 Å². The van der Waals surface area contributed by atoms with Gasteiger partial charge in [0.2, 0.25) is 0 Å². The molecule has 3 rings (SSSR count). The fourth-order valence-electron chi connectivity index (χ4n) is 2.19. The lowest BCUT2D eigenvalue weighted by Crippen LogP contribution is -2.16. The highest BCUT2D eigenvalue weighted by Crippen LogP contribution is 2.23. The Morgan fingerprint density at radius 2 is 1.77 bits per heavy atom. The summed E-state index contributed by atoms with van der Waals surface area (Å²) in [7, 11) is 0. The van der Waals surface area contributed by atoms with Gasteiger partial charge < -0.3 is 5.32 Å². The van der Waals surface area contributed by atoms with Crippen molar-refractivity contribution in [2.24, 2.45) is 0 Å². The van der Waals surface area contributed by atoms with E-state index in [0.717, 1.165) is 41.3 Å². The van der Waals surface area contributed by atoms with Gasteiger partial charge in [0.25, 0.3) is 0 Å². The van der Waals surface area contributed by atoms with Gasteiger partial charge in [-0.3, -0.25) is 0 Å². The number of halogens is 1. The third-order valence-corrected chi connectivity index (χ3v) is 4.31. The molecule has 2 nitrogen and oxygen atoms in total. The van der Waals surface area contributed by atoms with Crippen LogP contribution in [0.1, 0.15) is 11.3 Å². The molecular weight excluding hydrogens is 295 g/mol. The molecule has 0 fully saturated rings. The number of benzene rings is 2. The Morgan fingerprint density at radius 1 is 1.00 bits per heavy atom. The molecule has 22 heavy (non-hydrogen) atoms. The predicted molar refractivity (Wildman–Crippen MR) is 89.4 cm³/mol. The monoisotopic (exact) mass is 312 g/mol. The summed E-state index contributed by atoms with van der Waals surface area (Å²) in [5.41, 5.74) is 3.36. The van der Waals surface area contributed by atoms with Gasteiger partial charge in [-0.25, -0.2) is 9.37 Å². The van der Waals surface area contributed by atoms with Gasteiger partial charge in [0.15, 0.2) is 0 Å². The third-order valence-electron chi connectivity index (χ3n) is 3.37. The average molecular weight is 312 g/mol. The van der Waals surface area contributed by atoms with Crippen molar-refractivity contribution in [3.8, 4) is 10.6 Å². The smallest absolute Gasteiger partial charge is 0.123 e. The van der Waals surface area contributed by atoms with Crippen molar-refractivity contribution in [3.63, 3.8) is 0 Å². The third kappa shape index (κ3) is 4.00. The lowest BCUT2D eigenvalue weighted by atomic mass is 10.2. The summed E-state index contributed by atoms with van der Waals surface area (Å²) >= 11 is 1.68. The molecule has 4 heteroatoms. The summed E-state index contributed by atoms with van der Waals surface area (Å²) in [6, 6.07) is 16.8. The summed E-state index contributed by atoms with van der Waals surface area (Å²) in [4.78, 5) is 4.67. The summed E-state index contributed by atoms with van der Waals surface area (Å²) < 4.78 is 12.8. The molecule has 1 heterocycles. The zero-order chi connectivity index (χ0) is 15.2. The molecule has 3 aromatic rings. The molecule has 112 valence electrons. The van der Waals surface area contributed by atoms with Gasteiger partial charge >= 0.3 is 0 Å². The first kappa shape index (κ1) is 14.9. The van der Waals surface area contributed by atoms with Crippen LogP contribution in [-0.2, 0) is 13.0 Å². The molecule has 0 aliphatic rings. The summed E-state index contributed by atoms with van der Waals surface area (Å²) in [6.45, 7) is 1.60. The maximum absolute atomic E-state index is 12.8. The highest BCUT2D eigenvalue weighted by molar-refractivity contribution is 7.13. The molecule has 0 saturated heterocycles. The van der Waals surface area contributed by atoms with Crippen molar-refractivity contribution in [2.75, 3.05) is 6.54 Å². The van der Waals surface area contributed by atoms with Crippen molar-refractivity contribution in [1.82, 2.24) is 10.3 Å². The Kier molecular flexibility index (Phi) is 4.93. The maximum atomic E-state index is 12.8. The molecule has 0 aliphatic carbocycles. The average Bonchev–Trinajstić information content (AvgIpc) is 3.03. The number of hydrogen-bond donors (Lipinski definition) is 1. The molecule has 0 saturated carbocycles. The van der Waals surface area contributed by atoms with Crippen LogP contribution in [0.2, 0.25) is 0 Å². The van der Waals surface area contributed by atoms with E-state index in [1.165, 1.54) is 12.1 Å². The van der Waals surface area contributed by atoms with E-state index in [0.29, 0.717) is 0 Å². The summed E-state index contributed by atoms with van der Waals surface area (Å²) in [5.74, 6) is -0.195. The van der Waals surface area contributed by atoms with E-state index in [1.54, 1.807) is 23.5 Å². The van der Waals surface area contributed by atoms with Crippen molar-refractivity contribution < 1.29 is 4.39 Å². The number of rotatable bonds is 6. The minimum atomic E-state index is -0.195. The van der Waals surface area contributed by atoms with Gasteiger partial charge in [-0.1, -0.05) is 42.5 Å². The second-order valence-corrected chi connectivity index (χ2v) is 5.92. The van der Waals surface area contributed by atoms with E-state index in [9.17, 15) is 4.39 Å². The minimum Gasteiger partial charge on any atom is -0.312 e. The van der Waals surface area contributed by atoms with E-state index < -0.39 is 0 Å². The first-order valence-electron chi connectivity index (χ1n) is 7.26. The molecule has 0 bridgehead atoms. The minimum absolute atomic E-state index is 0.195. The molecule has 0 atom stereocenters. The molecular formula is C18H17FN2S. The number of aromatic nitrogens is 1. The Labute approximate surface area is 133 Å². The van der Waals surface area contributed by atoms with Gasteiger partial charge in [0.05, 0.1) is 5.69 Å². The first-order valence-corrected chi connectivity index (χ1v) is 8.14. The predicted octanol–water partition coefficient (Wildman–Crippen LogP) is 4.28. The standard InChI is InChI=1S/C18H17FN2S/c19-16-8-6-14(7-9-16)12-20-11-10-17-13-22-18(21-17)15-4-2-1-3-5-15/h1-9,13,20H,10-12H2. The van der Waals surface area contributed by atoms with E-state index in [-0.39, 0.29) is 5.82 Å². The van der Waals surface area contributed by atoms with Crippen LogP contribution in [0, 0.1) is 5.82 Å². The van der Waals surface area contributed by atoms with E-state index in [1.807, 2.05) is 18.2 Å². The zero-order valence-corrected chi connectivity index (χ0v) is 12.9. The molecule has 2 aromatic carbocycles. The van der Waals surface area contributed by atoms with Crippen molar-refractivity contribution >= 4 is 11.3 Å². The number of nitrogens with one attached hydrogen (secondary N) is 1. The number of thiazole rings is 1. The van der Waals surface area contributed by atoms with Crippen molar-refractivity contribution in [3.05, 3.63) is 77.1 Å². The molecule has 1 N–H and O–H groups in total. The molecule has 0 amide bonds. The molecule has 0 unspecified atom stereocenters. The SMILES string of the molecule is Fc1ccc(CNCCc2csc(-c3ccccc3)n2)cc1. The van der Waals surface area contributed by atoms with E-state index in [4.69, 9.17) is 0 Å². The quantitative estimate of drug-likeness (QED) is 0.687. The molecule has 1 aromatic heterocycles. The van der Waals surface area contributed by atoms with Crippen LogP contribution in [0.3, 0.4) is 0 Å². The van der Waals surface area contributed by atoms with Gasteiger partial charge in [-0.2, -0.15) is 0 Å². The zero-order valence-electron chi connectivity index (χ0n) is 12.1.